The molecule has 0 fully saturated rings. The second kappa shape index (κ2) is 9.50. The van der Waals surface area contributed by atoms with Gasteiger partial charge < -0.3 is 5.73 Å². The molecule has 0 bridgehead atoms. The first-order valence-electron chi connectivity index (χ1n) is 9.44. The highest BCUT2D eigenvalue weighted by Crippen LogP contribution is 2.23. The van der Waals surface area contributed by atoms with Crippen LogP contribution in [-0.4, -0.2) is 27.4 Å². The summed E-state index contributed by atoms with van der Waals surface area (Å²) in [4.78, 5) is 4.74. The van der Waals surface area contributed by atoms with Gasteiger partial charge in [-0.2, -0.15) is 0 Å². The minimum Gasteiger partial charge on any atom is -0.398 e. The molecule has 0 saturated heterocycles. The summed E-state index contributed by atoms with van der Waals surface area (Å²) in [5.74, 6) is -0.338. The Morgan fingerprint density at radius 1 is 0.933 bits per heavy atom. The standard InChI is InChI=1S/C24H23FN2O2S/c1-30(28,29)22-13-9-20(10-14-22)24(26)23(19-7-11-21(25)12-8-19)17-27-16-15-18-5-3-2-4-6-18/h2-14,17H,15-16,26H2,1H3. The summed E-state index contributed by atoms with van der Waals surface area (Å²) >= 11 is 0. The SMILES string of the molecule is CS(=O)(=O)c1ccc(C(N)=C(C=NCCc2ccccc2)c2ccc(F)cc2)cc1. The molecule has 4 nitrogen and oxygen atoms in total. The van der Waals surface area contributed by atoms with Crippen LogP contribution in [0.2, 0.25) is 0 Å². The van der Waals surface area contributed by atoms with Crippen molar-refractivity contribution < 1.29 is 12.8 Å². The lowest BCUT2D eigenvalue weighted by molar-refractivity contribution is 0.602. The highest BCUT2D eigenvalue weighted by Gasteiger charge is 2.10. The molecule has 3 aromatic carbocycles. The van der Waals surface area contributed by atoms with Crippen molar-refractivity contribution in [3.8, 4) is 0 Å². The van der Waals surface area contributed by atoms with Gasteiger partial charge in [-0.25, -0.2) is 12.8 Å². The average Bonchev–Trinajstić information content (AvgIpc) is 2.74. The van der Waals surface area contributed by atoms with Gasteiger partial charge in [0.1, 0.15) is 5.82 Å². The lowest BCUT2D eigenvalue weighted by Crippen LogP contribution is -2.04. The maximum Gasteiger partial charge on any atom is 0.175 e. The van der Waals surface area contributed by atoms with E-state index in [-0.39, 0.29) is 10.7 Å². The van der Waals surface area contributed by atoms with E-state index in [0.717, 1.165) is 18.2 Å². The third-order valence-corrected chi connectivity index (χ3v) is 5.76. The minimum absolute atomic E-state index is 0.221. The largest absolute Gasteiger partial charge is 0.398 e. The Kier molecular flexibility index (Phi) is 6.79. The number of hydrogen-bond acceptors (Lipinski definition) is 4. The molecule has 3 aromatic rings. The molecule has 30 heavy (non-hydrogen) atoms. The molecule has 0 atom stereocenters. The number of sulfone groups is 1. The van der Waals surface area contributed by atoms with Gasteiger partial charge in [0, 0.05) is 30.3 Å². The van der Waals surface area contributed by atoms with Crippen LogP contribution in [0, 0.1) is 5.82 Å². The Morgan fingerprint density at radius 2 is 1.53 bits per heavy atom. The summed E-state index contributed by atoms with van der Waals surface area (Å²) in [5, 5.41) is 0. The van der Waals surface area contributed by atoms with Crippen LogP contribution < -0.4 is 5.73 Å². The monoisotopic (exact) mass is 422 g/mol. The van der Waals surface area contributed by atoms with Crippen molar-refractivity contribution >= 4 is 27.3 Å². The molecule has 0 saturated carbocycles. The molecule has 2 N–H and O–H groups in total. The number of hydrogen-bond donors (Lipinski definition) is 1. The molecule has 0 radical (unpaired) electrons. The molecule has 3 rings (SSSR count). The van der Waals surface area contributed by atoms with Crippen molar-refractivity contribution in [3.05, 3.63) is 101 Å². The van der Waals surface area contributed by atoms with Crippen molar-refractivity contribution in [1.29, 1.82) is 0 Å². The third-order valence-electron chi connectivity index (χ3n) is 4.63. The van der Waals surface area contributed by atoms with E-state index in [4.69, 9.17) is 5.73 Å². The van der Waals surface area contributed by atoms with E-state index in [1.54, 1.807) is 30.5 Å². The van der Waals surface area contributed by atoms with E-state index in [1.807, 2.05) is 30.3 Å². The van der Waals surface area contributed by atoms with Crippen molar-refractivity contribution in [3.63, 3.8) is 0 Å². The predicted molar refractivity (Wildman–Crippen MR) is 120 cm³/mol. The molecule has 0 unspecified atom stereocenters. The van der Waals surface area contributed by atoms with E-state index in [2.05, 4.69) is 4.99 Å². The van der Waals surface area contributed by atoms with Gasteiger partial charge in [-0.05, 0) is 47.4 Å². The molecular weight excluding hydrogens is 399 g/mol. The Bertz CT molecular complexity index is 1150. The highest BCUT2D eigenvalue weighted by molar-refractivity contribution is 7.90. The fraction of sp³-hybridized carbons (Fsp3) is 0.125. The molecular formula is C24H23FN2O2S. The van der Waals surface area contributed by atoms with Crippen LogP contribution >= 0.6 is 0 Å². The van der Waals surface area contributed by atoms with Crippen LogP contribution in [0.25, 0.3) is 11.3 Å². The molecule has 0 spiro atoms. The normalized spacial score (nSPS) is 12.7. The minimum atomic E-state index is -3.29. The van der Waals surface area contributed by atoms with Crippen LogP contribution in [0.3, 0.4) is 0 Å². The molecule has 0 aliphatic rings. The Morgan fingerprint density at radius 3 is 2.13 bits per heavy atom. The van der Waals surface area contributed by atoms with Gasteiger partial charge in [-0.15, -0.1) is 0 Å². The topological polar surface area (TPSA) is 72.5 Å². The number of benzene rings is 3. The van der Waals surface area contributed by atoms with Gasteiger partial charge in [-0.3, -0.25) is 4.99 Å². The van der Waals surface area contributed by atoms with Crippen LogP contribution in [0.5, 0.6) is 0 Å². The van der Waals surface area contributed by atoms with Gasteiger partial charge in [0.2, 0.25) is 0 Å². The summed E-state index contributed by atoms with van der Waals surface area (Å²) in [6.07, 6.45) is 3.64. The molecule has 0 aliphatic heterocycles. The Balaban J connectivity index is 1.91. The van der Waals surface area contributed by atoms with E-state index in [1.165, 1.54) is 29.8 Å². The van der Waals surface area contributed by atoms with Crippen LogP contribution in [0.4, 0.5) is 4.39 Å². The number of nitrogens with zero attached hydrogens (tertiary/aromatic N) is 1. The summed E-state index contributed by atoms with van der Waals surface area (Å²) in [6, 6.07) is 22.4. The molecule has 0 amide bonds. The van der Waals surface area contributed by atoms with Crippen molar-refractivity contribution in [2.45, 2.75) is 11.3 Å². The third kappa shape index (κ3) is 5.64. The van der Waals surface area contributed by atoms with E-state index >= 15 is 0 Å². The van der Waals surface area contributed by atoms with Gasteiger partial charge in [-0.1, -0.05) is 54.6 Å². The zero-order chi connectivity index (χ0) is 21.6. The molecule has 154 valence electrons. The van der Waals surface area contributed by atoms with Gasteiger partial charge in [0.05, 0.1) is 4.90 Å². The van der Waals surface area contributed by atoms with E-state index in [0.29, 0.717) is 23.4 Å². The van der Waals surface area contributed by atoms with Crippen LogP contribution in [0.15, 0.2) is 88.8 Å². The fourth-order valence-electron chi connectivity index (χ4n) is 2.96. The lowest BCUT2D eigenvalue weighted by Gasteiger charge is -2.10. The average molecular weight is 423 g/mol. The number of allylic oxidation sites excluding steroid dienone is 1. The zero-order valence-electron chi connectivity index (χ0n) is 16.6. The summed E-state index contributed by atoms with van der Waals surface area (Å²) < 4.78 is 36.8. The Labute approximate surface area is 176 Å². The first-order valence-corrected chi connectivity index (χ1v) is 11.3. The molecule has 0 aromatic heterocycles. The predicted octanol–water partition coefficient (Wildman–Crippen LogP) is 4.37. The van der Waals surface area contributed by atoms with Gasteiger partial charge in [0.15, 0.2) is 9.84 Å². The maximum absolute atomic E-state index is 13.4. The molecule has 6 heteroatoms. The second-order valence-corrected chi connectivity index (χ2v) is 8.92. The summed E-state index contributed by atoms with van der Waals surface area (Å²) in [6.45, 7) is 0.578. The van der Waals surface area contributed by atoms with E-state index < -0.39 is 9.84 Å². The first kappa shape index (κ1) is 21.5. The van der Waals surface area contributed by atoms with Gasteiger partial charge >= 0.3 is 0 Å². The molecule has 0 aliphatic carbocycles. The molecule has 0 heterocycles. The number of halogens is 1. The quantitative estimate of drug-likeness (QED) is 0.454. The number of nitrogens with two attached hydrogens (primary N) is 1. The fourth-order valence-corrected chi connectivity index (χ4v) is 3.59. The summed E-state index contributed by atoms with van der Waals surface area (Å²) in [7, 11) is -3.29. The van der Waals surface area contributed by atoms with Crippen molar-refractivity contribution in [2.75, 3.05) is 12.8 Å². The highest BCUT2D eigenvalue weighted by atomic mass is 32.2. The summed E-state index contributed by atoms with van der Waals surface area (Å²) in [5.41, 5.74) is 10.1. The number of aliphatic imine (C=N–C) groups is 1. The maximum atomic E-state index is 13.4. The smallest absolute Gasteiger partial charge is 0.175 e. The van der Waals surface area contributed by atoms with Gasteiger partial charge in [0.25, 0.3) is 0 Å². The zero-order valence-corrected chi connectivity index (χ0v) is 17.4. The Hall–Kier alpha value is -3.25. The van der Waals surface area contributed by atoms with Crippen molar-refractivity contribution in [1.82, 2.24) is 0 Å². The lowest BCUT2D eigenvalue weighted by atomic mass is 10.0. The second-order valence-electron chi connectivity index (χ2n) is 6.90. The number of rotatable bonds is 7. The van der Waals surface area contributed by atoms with Crippen LogP contribution in [-0.2, 0) is 16.3 Å². The first-order chi connectivity index (χ1) is 14.3. The van der Waals surface area contributed by atoms with Crippen LogP contribution in [0.1, 0.15) is 16.7 Å². The van der Waals surface area contributed by atoms with E-state index in [9.17, 15) is 12.8 Å². The van der Waals surface area contributed by atoms with Crippen molar-refractivity contribution in [2.24, 2.45) is 10.7 Å².